The molecule has 1 N–H and O–H groups in total. The Morgan fingerprint density at radius 2 is 2.11 bits per heavy atom. The number of hydrogen-bond donors (Lipinski definition) is 1. The maximum atomic E-state index is 9.93. The van der Waals surface area contributed by atoms with Gasteiger partial charge in [-0.05, 0) is 25.4 Å². The van der Waals surface area contributed by atoms with Gasteiger partial charge in [0.05, 0.1) is 6.61 Å². The highest BCUT2D eigenvalue weighted by Gasteiger charge is 1.90. The Morgan fingerprint density at radius 3 is 2.56 bits per heavy atom. The van der Waals surface area contributed by atoms with E-state index >= 15 is 0 Å². The van der Waals surface area contributed by atoms with Crippen LogP contribution in [0.3, 0.4) is 0 Å². The lowest BCUT2D eigenvalue weighted by molar-refractivity contribution is 0.188. The van der Waals surface area contributed by atoms with E-state index < -0.39 is 0 Å². The first-order valence-corrected chi connectivity index (χ1v) is 3.56. The van der Waals surface area contributed by atoms with Crippen LogP contribution < -0.4 is 5.32 Å². The lowest BCUT2D eigenvalue weighted by atomic mass is 10.2. The predicted molar refractivity (Wildman–Crippen MR) is 37.9 cm³/mol. The van der Waals surface area contributed by atoms with E-state index in [2.05, 4.69) is 19.2 Å². The van der Waals surface area contributed by atoms with E-state index in [9.17, 15) is 5.11 Å². The van der Waals surface area contributed by atoms with Gasteiger partial charge in [0.1, 0.15) is 0 Å². The molecule has 0 aromatic carbocycles. The Labute approximate surface area is 57.3 Å². The van der Waals surface area contributed by atoms with Crippen LogP contribution in [0.25, 0.3) is 0 Å². The zero-order chi connectivity index (χ0) is 7.11. The van der Waals surface area contributed by atoms with E-state index in [4.69, 9.17) is 0 Å². The number of rotatable bonds is 5. The van der Waals surface area contributed by atoms with E-state index in [1.165, 1.54) is 0 Å². The average molecular weight is 130 g/mol. The summed E-state index contributed by atoms with van der Waals surface area (Å²) in [6.07, 6.45) is 0.757. The molecule has 1 radical (unpaired) electrons. The Bertz CT molecular complexity index is 54.9. The van der Waals surface area contributed by atoms with Gasteiger partial charge in [-0.15, -0.1) is 0 Å². The smallest absolute Gasteiger partial charge is 0.0834 e. The molecule has 0 aromatic rings. The van der Waals surface area contributed by atoms with Crippen molar-refractivity contribution >= 4 is 0 Å². The van der Waals surface area contributed by atoms with Crippen LogP contribution in [0.4, 0.5) is 0 Å². The molecule has 55 valence electrons. The lowest BCUT2D eigenvalue weighted by Crippen LogP contribution is -2.21. The highest BCUT2D eigenvalue weighted by molar-refractivity contribution is 4.49. The van der Waals surface area contributed by atoms with Crippen molar-refractivity contribution in [3.05, 3.63) is 0 Å². The summed E-state index contributed by atoms with van der Waals surface area (Å²) < 4.78 is 0. The van der Waals surface area contributed by atoms with Crippen molar-refractivity contribution < 1.29 is 5.11 Å². The zero-order valence-corrected chi connectivity index (χ0v) is 6.31. The molecular weight excluding hydrogens is 114 g/mol. The molecule has 2 heteroatoms. The number of nitrogens with one attached hydrogen (secondary N) is 1. The van der Waals surface area contributed by atoms with Crippen molar-refractivity contribution in [2.75, 3.05) is 19.7 Å². The van der Waals surface area contributed by atoms with Gasteiger partial charge in [0.2, 0.25) is 0 Å². The van der Waals surface area contributed by atoms with Crippen LogP contribution in [0.2, 0.25) is 0 Å². The molecule has 0 heterocycles. The van der Waals surface area contributed by atoms with Gasteiger partial charge < -0.3 is 5.32 Å². The summed E-state index contributed by atoms with van der Waals surface area (Å²) in [5, 5.41) is 13.1. The van der Waals surface area contributed by atoms with Crippen LogP contribution in [0, 0.1) is 5.92 Å². The molecule has 0 rings (SSSR count). The second kappa shape index (κ2) is 6.05. The molecule has 0 amide bonds. The van der Waals surface area contributed by atoms with E-state index in [1.807, 2.05) is 0 Å². The molecule has 0 aliphatic heterocycles. The summed E-state index contributed by atoms with van der Waals surface area (Å²) in [4.78, 5) is 0. The Kier molecular flexibility index (Phi) is 5.99. The van der Waals surface area contributed by atoms with Crippen molar-refractivity contribution in [3.8, 4) is 0 Å². The molecule has 0 aromatic heterocycles. The molecule has 0 spiro atoms. The van der Waals surface area contributed by atoms with Gasteiger partial charge in [-0.25, -0.2) is 5.11 Å². The SMILES string of the molecule is CC(C)CNCCC[O]. The molecule has 0 aliphatic rings. The molecule has 0 unspecified atom stereocenters. The molecule has 0 fully saturated rings. The third-order valence-corrected chi connectivity index (χ3v) is 1.05. The quantitative estimate of drug-likeness (QED) is 0.554. The molecule has 0 saturated carbocycles. The fourth-order valence-electron chi connectivity index (χ4n) is 0.588. The second-order valence-electron chi connectivity index (χ2n) is 2.66. The molecule has 0 aliphatic carbocycles. The van der Waals surface area contributed by atoms with Gasteiger partial charge in [0.25, 0.3) is 0 Å². The maximum Gasteiger partial charge on any atom is 0.0834 e. The first kappa shape index (κ1) is 8.92. The fourth-order valence-corrected chi connectivity index (χ4v) is 0.588. The predicted octanol–water partition coefficient (Wildman–Crippen LogP) is 1.05. The zero-order valence-electron chi connectivity index (χ0n) is 6.31. The van der Waals surface area contributed by atoms with Crippen LogP contribution in [0.5, 0.6) is 0 Å². The minimum atomic E-state index is 0.0467. The minimum absolute atomic E-state index is 0.0467. The monoisotopic (exact) mass is 130 g/mol. The standard InChI is InChI=1S/C7H16NO/c1-7(2)6-8-4-3-5-9/h7-8H,3-6H2,1-2H3. The molecule has 9 heavy (non-hydrogen) atoms. The van der Waals surface area contributed by atoms with Gasteiger partial charge >= 0.3 is 0 Å². The summed E-state index contributed by atoms with van der Waals surface area (Å²) in [6, 6.07) is 0. The van der Waals surface area contributed by atoms with Crippen molar-refractivity contribution in [2.45, 2.75) is 20.3 Å². The van der Waals surface area contributed by atoms with Crippen LogP contribution in [0.15, 0.2) is 0 Å². The minimum Gasteiger partial charge on any atom is -0.316 e. The number of hydrogen-bond acceptors (Lipinski definition) is 1. The Hall–Kier alpha value is -0.0800. The molecule has 0 saturated heterocycles. The highest BCUT2D eigenvalue weighted by atomic mass is 16.3. The summed E-state index contributed by atoms with van der Waals surface area (Å²) >= 11 is 0. The van der Waals surface area contributed by atoms with Gasteiger partial charge in [-0.2, -0.15) is 0 Å². The van der Waals surface area contributed by atoms with Crippen molar-refractivity contribution in [3.63, 3.8) is 0 Å². The first-order chi connectivity index (χ1) is 4.27. The van der Waals surface area contributed by atoms with Crippen molar-refractivity contribution in [2.24, 2.45) is 5.92 Å². The normalized spacial score (nSPS) is 10.7. The molecular formula is C7H16NO. The summed E-state index contributed by atoms with van der Waals surface area (Å²) in [6.45, 7) is 6.27. The Balaban J connectivity index is 2.75. The molecule has 0 bridgehead atoms. The fraction of sp³-hybridized carbons (Fsp3) is 1.00. The van der Waals surface area contributed by atoms with Gasteiger partial charge in [0.15, 0.2) is 0 Å². The van der Waals surface area contributed by atoms with Gasteiger partial charge in [0, 0.05) is 0 Å². The van der Waals surface area contributed by atoms with E-state index in [0.717, 1.165) is 19.5 Å². The molecule has 0 atom stereocenters. The average Bonchev–Trinajstić information content (AvgIpc) is 1.80. The third kappa shape index (κ3) is 7.92. The van der Waals surface area contributed by atoms with Gasteiger partial charge in [-0.3, -0.25) is 0 Å². The third-order valence-electron chi connectivity index (χ3n) is 1.05. The largest absolute Gasteiger partial charge is 0.316 e. The maximum absolute atomic E-state index is 9.93. The van der Waals surface area contributed by atoms with E-state index in [1.54, 1.807) is 0 Å². The van der Waals surface area contributed by atoms with Crippen LogP contribution >= 0.6 is 0 Å². The summed E-state index contributed by atoms with van der Waals surface area (Å²) in [5.74, 6) is 0.691. The highest BCUT2D eigenvalue weighted by Crippen LogP contribution is 1.86. The lowest BCUT2D eigenvalue weighted by Gasteiger charge is -2.04. The summed E-state index contributed by atoms with van der Waals surface area (Å²) in [7, 11) is 0. The van der Waals surface area contributed by atoms with Crippen molar-refractivity contribution in [1.29, 1.82) is 0 Å². The van der Waals surface area contributed by atoms with E-state index in [-0.39, 0.29) is 6.61 Å². The second-order valence-corrected chi connectivity index (χ2v) is 2.66. The van der Waals surface area contributed by atoms with Crippen LogP contribution in [-0.2, 0) is 5.11 Å². The topological polar surface area (TPSA) is 31.9 Å². The summed E-state index contributed by atoms with van der Waals surface area (Å²) in [5.41, 5.74) is 0. The molecule has 2 nitrogen and oxygen atoms in total. The van der Waals surface area contributed by atoms with Crippen molar-refractivity contribution in [1.82, 2.24) is 5.32 Å². The van der Waals surface area contributed by atoms with Crippen LogP contribution in [0.1, 0.15) is 20.3 Å². The van der Waals surface area contributed by atoms with Crippen LogP contribution in [-0.4, -0.2) is 19.7 Å². The Morgan fingerprint density at radius 1 is 1.44 bits per heavy atom. The van der Waals surface area contributed by atoms with E-state index in [0.29, 0.717) is 5.92 Å². The first-order valence-electron chi connectivity index (χ1n) is 3.56. The van der Waals surface area contributed by atoms with Gasteiger partial charge in [-0.1, -0.05) is 13.8 Å².